The number of hydrogen-bond acceptors (Lipinski definition) is 3. The van der Waals surface area contributed by atoms with Crippen molar-refractivity contribution in [2.45, 2.75) is 51.0 Å². The van der Waals surface area contributed by atoms with Crippen LogP contribution in [0.2, 0.25) is 0 Å². The summed E-state index contributed by atoms with van der Waals surface area (Å²) in [5.41, 5.74) is -0.148. The Kier molecular flexibility index (Phi) is 5.22. The third-order valence-corrected chi connectivity index (χ3v) is 3.60. The predicted octanol–water partition coefficient (Wildman–Crippen LogP) is 1.38. The summed E-state index contributed by atoms with van der Waals surface area (Å²) < 4.78 is 0. The van der Waals surface area contributed by atoms with Gasteiger partial charge < -0.3 is 15.5 Å². The van der Waals surface area contributed by atoms with Gasteiger partial charge in [-0.1, -0.05) is 6.92 Å². The summed E-state index contributed by atoms with van der Waals surface area (Å²) >= 11 is 0. The summed E-state index contributed by atoms with van der Waals surface area (Å²) in [4.78, 5) is 10.4. The molecule has 0 spiro atoms. The maximum Gasteiger partial charge on any atom is 0.303 e. The Balaban J connectivity index is 2.28. The van der Waals surface area contributed by atoms with Gasteiger partial charge in [0.2, 0.25) is 0 Å². The lowest BCUT2D eigenvalue weighted by Gasteiger charge is -2.39. The Morgan fingerprint density at radius 1 is 1.44 bits per heavy atom. The quantitative estimate of drug-likeness (QED) is 0.602. The van der Waals surface area contributed by atoms with Crippen molar-refractivity contribution >= 4 is 5.97 Å². The van der Waals surface area contributed by atoms with Crippen molar-refractivity contribution in [1.29, 1.82) is 0 Å². The molecule has 94 valence electrons. The van der Waals surface area contributed by atoms with E-state index in [1.165, 1.54) is 0 Å². The zero-order valence-corrected chi connectivity index (χ0v) is 10.0. The lowest BCUT2D eigenvalue weighted by molar-refractivity contribution is -0.137. The minimum atomic E-state index is -0.753. The highest BCUT2D eigenvalue weighted by molar-refractivity contribution is 5.66. The maximum absolute atomic E-state index is 10.4. The Morgan fingerprint density at radius 3 is 2.56 bits per heavy atom. The highest BCUT2D eigenvalue weighted by atomic mass is 16.4. The molecule has 0 unspecified atom stereocenters. The molecule has 1 saturated carbocycles. The van der Waals surface area contributed by atoms with E-state index >= 15 is 0 Å². The molecule has 0 radical (unpaired) electrons. The molecule has 0 heterocycles. The molecule has 1 rings (SSSR count). The fraction of sp³-hybridized carbons (Fsp3) is 0.917. The molecular weight excluding hydrogens is 206 g/mol. The van der Waals surface area contributed by atoms with Crippen molar-refractivity contribution in [2.24, 2.45) is 5.92 Å². The van der Waals surface area contributed by atoms with Crippen LogP contribution in [0, 0.1) is 5.92 Å². The molecule has 0 aliphatic heterocycles. The van der Waals surface area contributed by atoms with Crippen LogP contribution in [-0.4, -0.2) is 34.9 Å². The molecule has 1 aliphatic carbocycles. The van der Waals surface area contributed by atoms with E-state index in [2.05, 4.69) is 12.2 Å². The van der Waals surface area contributed by atoms with E-state index in [9.17, 15) is 9.90 Å². The average molecular weight is 229 g/mol. The van der Waals surface area contributed by atoms with Gasteiger partial charge >= 0.3 is 5.97 Å². The number of carboxylic acid groups (broad SMARTS) is 1. The number of aliphatic hydroxyl groups excluding tert-OH is 1. The minimum absolute atomic E-state index is 0.148. The first-order valence-electron chi connectivity index (χ1n) is 6.16. The van der Waals surface area contributed by atoms with Gasteiger partial charge in [-0.05, 0) is 44.6 Å². The molecule has 0 bridgehead atoms. The van der Waals surface area contributed by atoms with Gasteiger partial charge in [0.25, 0.3) is 0 Å². The summed E-state index contributed by atoms with van der Waals surface area (Å²) in [6.45, 7) is 3.08. The van der Waals surface area contributed by atoms with Crippen LogP contribution in [0.25, 0.3) is 0 Å². The van der Waals surface area contributed by atoms with E-state index in [4.69, 9.17) is 5.11 Å². The third-order valence-electron chi connectivity index (χ3n) is 3.60. The van der Waals surface area contributed by atoms with E-state index in [1.54, 1.807) is 0 Å². The molecule has 4 heteroatoms. The second-order valence-corrected chi connectivity index (χ2v) is 5.05. The van der Waals surface area contributed by atoms with Crippen molar-refractivity contribution in [1.82, 2.24) is 5.32 Å². The molecule has 16 heavy (non-hydrogen) atoms. The monoisotopic (exact) mass is 229 g/mol. The van der Waals surface area contributed by atoms with Crippen LogP contribution in [0.5, 0.6) is 0 Å². The first-order valence-corrected chi connectivity index (χ1v) is 6.16. The number of nitrogens with one attached hydrogen (secondary N) is 1. The molecular formula is C12H23NO3. The van der Waals surface area contributed by atoms with Gasteiger partial charge in [-0.3, -0.25) is 4.79 Å². The predicted molar refractivity (Wildman–Crippen MR) is 62.3 cm³/mol. The third kappa shape index (κ3) is 4.10. The van der Waals surface area contributed by atoms with E-state index in [1.807, 2.05) is 0 Å². The zero-order chi connectivity index (χ0) is 12.0. The van der Waals surface area contributed by atoms with E-state index in [0.29, 0.717) is 13.0 Å². The molecule has 3 N–H and O–H groups in total. The van der Waals surface area contributed by atoms with Gasteiger partial charge in [0.1, 0.15) is 0 Å². The van der Waals surface area contributed by atoms with Crippen molar-refractivity contribution in [2.75, 3.05) is 13.2 Å². The van der Waals surface area contributed by atoms with Crippen molar-refractivity contribution < 1.29 is 15.0 Å². The second-order valence-electron chi connectivity index (χ2n) is 5.05. The number of rotatable bonds is 6. The standard InChI is InChI=1S/C12H23NO3/c1-10-4-6-12(9-14,7-5-10)13-8-2-3-11(15)16/h10,13-14H,2-9H2,1H3,(H,15,16). The van der Waals surface area contributed by atoms with Crippen LogP contribution in [0.4, 0.5) is 0 Å². The van der Waals surface area contributed by atoms with Crippen molar-refractivity contribution in [3.63, 3.8) is 0 Å². The Hall–Kier alpha value is -0.610. The molecule has 1 fully saturated rings. The molecule has 4 nitrogen and oxygen atoms in total. The fourth-order valence-corrected chi connectivity index (χ4v) is 2.30. The molecule has 0 atom stereocenters. The van der Waals surface area contributed by atoms with Gasteiger partial charge in [-0.25, -0.2) is 0 Å². The van der Waals surface area contributed by atoms with Gasteiger partial charge in [0.15, 0.2) is 0 Å². The van der Waals surface area contributed by atoms with Gasteiger partial charge in [-0.15, -0.1) is 0 Å². The second kappa shape index (κ2) is 6.21. The molecule has 0 amide bonds. The minimum Gasteiger partial charge on any atom is -0.481 e. The van der Waals surface area contributed by atoms with Crippen molar-refractivity contribution in [3.8, 4) is 0 Å². The highest BCUT2D eigenvalue weighted by Gasteiger charge is 2.32. The van der Waals surface area contributed by atoms with Crippen LogP contribution in [0.15, 0.2) is 0 Å². The fourth-order valence-electron chi connectivity index (χ4n) is 2.30. The molecule has 0 aromatic rings. The normalized spacial score (nSPS) is 30.2. The molecule has 0 aromatic carbocycles. The number of aliphatic carboxylic acids is 1. The lowest BCUT2D eigenvalue weighted by Crippen LogP contribution is -2.51. The molecule has 1 aliphatic rings. The Morgan fingerprint density at radius 2 is 2.06 bits per heavy atom. The number of carboxylic acids is 1. The number of hydrogen-bond donors (Lipinski definition) is 3. The zero-order valence-electron chi connectivity index (χ0n) is 10.0. The van der Waals surface area contributed by atoms with Crippen LogP contribution in [-0.2, 0) is 4.79 Å². The largest absolute Gasteiger partial charge is 0.481 e. The Bertz CT molecular complexity index is 222. The summed E-state index contributed by atoms with van der Waals surface area (Å²) in [6.07, 6.45) is 5.12. The first-order chi connectivity index (χ1) is 7.58. The van der Waals surface area contributed by atoms with Crippen LogP contribution >= 0.6 is 0 Å². The molecule has 0 aromatic heterocycles. The van der Waals surface area contributed by atoms with Gasteiger partial charge in [0, 0.05) is 12.0 Å². The van der Waals surface area contributed by atoms with Crippen LogP contribution < -0.4 is 5.32 Å². The highest BCUT2D eigenvalue weighted by Crippen LogP contribution is 2.31. The average Bonchev–Trinajstić information content (AvgIpc) is 2.27. The van der Waals surface area contributed by atoms with Crippen LogP contribution in [0.1, 0.15) is 45.4 Å². The van der Waals surface area contributed by atoms with Crippen molar-refractivity contribution in [3.05, 3.63) is 0 Å². The summed E-state index contributed by atoms with van der Waals surface area (Å²) in [6, 6.07) is 0. The maximum atomic E-state index is 10.4. The van der Waals surface area contributed by atoms with Crippen LogP contribution in [0.3, 0.4) is 0 Å². The lowest BCUT2D eigenvalue weighted by atomic mass is 9.77. The first kappa shape index (κ1) is 13.5. The topological polar surface area (TPSA) is 69.6 Å². The summed E-state index contributed by atoms with van der Waals surface area (Å²) in [5.74, 6) is -0.00221. The van der Waals surface area contributed by atoms with Gasteiger partial charge in [-0.2, -0.15) is 0 Å². The van der Waals surface area contributed by atoms with E-state index in [-0.39, 0.29) is 18.6 Å². The Labute approximate surface area is 97.0 Å². The summed E-state index contributed by atoms with van der Waals surface area (Å²) in [7, 11) is 0. The molecule has 0 saturated heterocycles. The smallest absolute Gasteiger partial charge is 0.303 e. The summed E-state index contributed by atoms with van der Waals surface area (Å²) in [5, 5.41) is 21.3. The van der Waals surface area contributed by atoms with E-state index in [0.717, 1.165) is 31.6 Å². The number of aliphatic hydroxyl groups is 1. The SMILES string of the molecule is CC1CCC(CO)(NCCCC(=O)O)CC1. The number of carbonyl (C=O) groups is 1. The van der Waals surface area contributed by atoms with Gasteiger partial charge in [0.05, 0.1) is 6.61 Å². The van der Waals surface area contributed by atoms with E-state index < -0.39 is 5.97 Å².